The summed E-state index contributed by atoms with van der Waals surface area (Å²) in [5, 5.41) is 0. The van der Waals surface area contributed by atoms with Crippen LogP contribution in [-0.2, 0) is 0 Å². The molecule has 0 radical (unpaired) electrons. The van der Waals surface area contributed by atoms with E-state index in [1.54, 1.807) is 0 Å². The summed E-state index contributed by atoms with van der Waals surface area (Å²) in [6.07, 6.45) is -8.54. The number of alkyl halides is 6. The smallest absolute Gasteiger partial charge is 0.405 e. The molecule has 2 aromatic carbocycles. The summed E-state index contributed by atoms with van der Waals surface area (Å²) >= 11 is 0. The lowest BCUT2D eigenvalue weighted by atomic mass is 9.94. The van der Waals surface area contributed by atoms with Crippen LogP contribution < -0.4 is 9.47 Å². The molecule has 1 aromatic heterocycles. The molecule has 0 unspecified atom stereocenters. The topological polar surface area (TPSA) is 48.4 Å². The fraction of sp³-hybridized carbons (Fsp3) is 0.100. The van der Waals surface area contributed by atoms with E-state index in [9.17, 15) is 31.1 Å². The van der Waals surface area contributed by atoms with Gasteiger partial charge in [-0.25, -0.2) is 0 Å². The van der Waals surface area contributed by atoms with E-state index < -0.39 is 24.2 Å². The lowest BCUT2D eigenvalue weighted by molar-refractivity contribution is -0.275. The minimum atomic E-state index is -5.03. The maximum Gasteiger partial charge on any atom is 0.573 e. The first-order chi connectivity index (χ1) is 14.1. The van der Waals surface area contributed by atoms with Gasteiger partial charge >= 0.3 is 12.7 Å². The van der Waals surface area contributed by atoms with Crippen LogP contribution in [0.15, 0.2) is 60.8 Å². The van der Waals surface area contributed by atoms with Crippen molar-refractivity contribution in [3.8, 4) is 33.9 Å². The molecule has 0 bridgehead atoms. The van der Waals surface area contributed by atoms with E-state index in [2.05, 4.69) is 14.5 Å². The molecule has 0 aliphatic rings. The minimum absolute atomic E-state index is 0.0972. The molecule has 0 N–H and O–H groups in total. The van der Waals surface area contributed by atoms with Crippen molar-refractivity contribution in [1.82, 2.24) is 4.98 Å². The number of hydrogen-bond acceptors (Lipinski definition) is 4. The Labute approximate surface area is 165 Å². The zero-order valence-corrected chi connectivity index (χ0v) is 14.8. The third kappa shape index (κ3) is 4.88. The van der Waals surface area contributed by atoms with Gasteiger partial charge in [-0.1, -0.05) is 30.3 Å². The highest BCUT2D eigenvalue weighted by atomic mass is 19.4. The summed E-state index contributed by atoms with van der Waals surface area (Å²) in [4.78, 5) is 15.6. The van der Waals surface area contributed by atoms with Crippen LogP contribution in [0, 0.1) is 0 Å². The van der Waals surface area contributed by atoms with Gasteiger partial charge in [0.1, 0.15) is 11.5 Å². The van der Waals surface area contributed by atoms with E-state index >= 15 is 0 Å². The fourth-order valence-electron chi connectivity index (χ4n) is 2.82. The molecular formula is C20H11F6NO3. The van der Waals surface area contributed by atoms with Gasteiger partial charge in [-0.2, -0.15) is 0 Å². The molecule has 0 atom stereocenters. The normalized spacial score (nSPS) is 11.8. The number of carbonyl (C=O) groups excluding carboxylic acids is 1. The molecule has 0 aliphatic heterocycles. The van der Waals surface area contributed by atoms with E-state index in [0.29, 0.717) is 6.29 Å². The summed E-state index contributed by atoms with van der Waals surface area (Å²) in [7, 11) is 0. The molecule has 3 rings (SSSR count). The lowest BCUT2D eigenvalue weighted by Crippen LogP contribution is -2.18. The van der Waals surface area contributed by atoms with Crippen LogP contribution >= 0.6 is 0 Å². The van der Waals surface area contributed by atoms with Gasteiger partial charge in [-0.05, 0) is 24.3 Å². The Morgan fingerprint density at radius 1 is 0.733 bits per heavy atom. The van der Waals surface area contributed by atoms with Crippen LogP contribution in [0.2, 0.25) is 0 Å². The number of carbonyl (C=O) groups is 1. The Bertz CT molecular complexity index is 1060. The SMILES string of the molecule is O=Cc1ccnc(-c2ccccc2OC(F)(F)F)c1-c1ccccc1OC(F)(F)F. The number of ether oxygens (including phenoxy) is 2. The van der Waals surface area contributed by atoms with Crippen molar-refractivity contribution in [2.75, 3.05) is 0 Å². The standard InChI is InChI=1S/C20H11F6NO3/c21-19(22,23)29-15-7-3-1-5-13(15)17-12(11-28)9-10-27-18(17)14-6-2-4-8-16(14)30-20(24,25)26/h1-11H. The van der Waals surface area contributed by atoms with E-state index in [1.807, 2.05) is 0 Å². The third-order valence-corrected chi connectivity index (χ3v) is 3.86. The molecule has 30 heavy (non-hydrogen) atoms. The van der Waals surface area contributed by atoms with E-state index in [1.165, 1.54) is 42.5 Å². The number of benzene rings is 2. The fourth-order valence-corrected chi connectivity index (χ4v) is 2.82. The number of aldehydes is 1. The van der Waals surface area contributed by atoms with Crippen LogP contribution in [-0.4, -0.2) is 24.0 Å². The van der Waals surface area contributed by atoms with Gasteiger partial charge in [-0.15, -0.1) is 26.3 Å². The zero-order chi connectivity index (χ0) is 21.9. The lowest BCUT2D eigenvalue weighted by Gasteiger charge is -2.18. The second-order valence-electron chi connectivity index (χ2n) is 5.83. The molecule has 3 aromatic rings. The van der Waals surface area contributed by atoms with Crippen molar-refractivity contribution in [3.63, 3.8) is 0 Å². The van der Waals surface area contributed by atoms with Gasteiger partial charge in [-0.3, -0.25) is 9.78 Å². The maximum absolute atomic E-state index is 12.8. The molecule has 4 nitrogen and oxygen atoms in total. The number of nitrogens with zero attached hydrogens (tertiary/aromatic N) is 1. The zero-order valence-electron chi connectivity index (χ0n) is 14.8. The highest BCUT2D eigenvalue weighted by molar-refractivity contribution is 5.96. The first kappa shape index (κ1) is 21.2. The van der Waals surface area contributed by atoms with Gasteiger partial charge in [0, 0.05) is 28.5 Å². The molecule has 0 spiro atoms. The number of para-hydroxylation sites is 2. The predicted molar refractivity (Wildman–Crippen MR) is 93.9 cm³/mol. The molecule has 1 heterocycles. The molecule has 0 amide bonds. The van der Waals surface area contributed by atoms with Crippen molar-refractivity contribution in [2.45, 2.75) is 12.7 Å². The summed E-state index contributed by atoms with van der Waals surface area (Å²) in [6, 6.07) is 11.1. The van der Waals surface area contributed by atoms with Gasteiger partial charge in [0.25, 0.3) is 0 Å². The molecule has 156 valence electrons. The van der Waals surface area contributed by atoms with Crippen molar-refractivity contribution in [3.05, 3.63) is 66.4 Å². The third-order valence-electron chi connectivity index (χ3n) is 3.86. The molecule has 0 saturated heterocycles. The molecular weight excluding hydrogens is 416 g/mol. The van der Waals surface area contributed by atoms with Crippen LogP contribution in [0.25, 0.3) is 22.4 Å². The number of hydrogen-bond donors (Lipinski definition) is 0. The van der Waals surface area contributed by atoms with Crippen LogP contribution in [0.3, 0.4) is 0 Å². The van der Waals surface area contributed by atoms with Gasteiger partial charge in [0.2, 0.25) is 0 Å². The highest BCUT2D eigenvalue weighted by Crippen LogP contribution is 2.42. The van der Waals surface area contributed by atoms with Crippen LogP contribution in [0.4, 0.5) is 26.3 Å². The Hall–Kier alpha value is -3.56. The first-order valence-corrected chi connectivity index (χ1v) is 8.23. The molecule has 0 saturated carbocycles. The average molecular weight is 427 g/mol. The first-order valence-electron chi connectivity index (χ1n) is 8.23. The maximum atomic E-state index is 12.8. The Morgan fingerprint density at radius 2 is 1.23 bits per heavy atom. The largest absolute Gasteiger partial charge is 0.573 e. The Balaban J connectivity index is 2.28. The Kier molecular flexibility index (Phi) is 5.68. The predicted octanol–water partition coefficient (Wildman–Crippen LogP) is 6.03. The monoisotopic (exact) mass is 427 g/mol. The van der Waals surface area contributed by atoms with E-state index in [-0.39, 0.29) is 27.9 Å². The minimum Gasteiger partial charge on any atom is -0.405 e. The summed E-state index contributed by atoms with van der Waals surface area (Å²) < 4.78 is 85.0. The summed E-state index contributed by atoms with van der Waals surface area (Å²) in [6.45, 7) is 0. The molecule has 0 fully saturated rings. The number of aromatic nitrogens is 1. The van der Waals surface area contributed by atoms with Crippen molar-refractivity contribution in [2.24, 2.45) is 0 Å². The molecule has 0 aliphatic carbocycles. The number of halogens is 6. The highest BCUT2D eigenvalue weighted by Gasteiger charge is 2.34. The van der Waals surface area contributed by atoms with Crippen molar-refractivity contribution < 1.29 is 40.6 Å². The molecule has 10 heteroatoms. The summed E-state index contributed by atoms with van der Waals surface area (Å²) in [5.41, 5.74) is -0.763. The van der Waals surface area contributed by atoms with E-state index in [4.69, 9.17) is 0 Å². The number of pyridine rings is 1. The van der Waals surface area contributed by atoms with E-state index in [0.717, 1.165) is 18.3 Å². The average Bonchev–Trinajstić information content (AvgIpc) is 2.66. The van der Waals surface area contributed by atoms with Crippen molar-refractivity contribution in [1.29, 1.82) is 0 Å². The Morgan fingerprint density at radius 3 is 1.77 bits per heavy atom. The van der Waals surface area contributed by atoms with Gasteiger partial charge in [0.05, 0.1) is 5.69 Å². The summed E-state index contributed by atoms with van der Waals surface area (Å²) in [5.74, 6) is -1.27. The number of rotatable bonds is 5. The van der Waals surface area contributed by atoms with Crippen LogP contribution in [0.5, 0.6) is 11.5 Å². The van der Waals surface area contributed by atoms with Crippen molar-refractivity contribution >= 4 is 6.29 Å². The van der Waals surface area contributed by atoms with Crippen LogP contribution in [0.1, 0.15) is 10.4 Å². The second kappa shape index (κ2) is 8.05. The van der Waals surface area contributed by atoms with Gasteiger partial charge < -0.3 is 9.47 Å². The quantitative estimate of drug-likeness (QED) is 0.369. The second-order valence-corrected chi connectivity index (χ2v) is 5.83. The van der Waals surface area contributed by atoms with Gasteiger partial charge in [0.15, 0.2) is 6.29 Å².